The van der Waals surface area contributed by atoms with Crippen LogP contribution in [-0.2, 0) is 4.79 Å². The standard InChI is InChI=1S/C14H10ClN3O/c15-11-4-2-1-3-9(11)14-10-5-6-16-7-12(10)18-13(19)8-17-14/h1-7H,8H2,(H,18,19). The number of benzene rings is 1. The van der Waals surface area contributed by atoms with Crippen LogP contribution >= 0.6 is 11.6 Å². The van der Waals surface area contributed by atoms with Gasteiger partial charge >= 0.3 is 0 Å². The molecular weight excluding hydrogens is 262 g/mol. The Hall–Kier alpha value is -2.20. The number of fused-ring (bicyclic) bond motifs is 1. The third-order valence-electron chi connectivity index (χ3n) is 2.86. The van der Waals surface area contributed by atoms with Crippen molar-refractivity contribution in [1.82, 2.24) is 4.98 Å². The van der Waals surface area contributed by atoms with Gasteiger partial charge in [-0.3, -0.25) is 14.8 Å². The highest BCUT2D eigenvalue weighted by Crippen LogP contribution is 2.25. The van der Waals surface area contributed by atoms with Gasteiger partial charge in [0.15, 0.2) is 0 Å². The van der Waals surface area contributed by atoms with E-state index in [4.69, 9.17) is 11.6 Å². The monoisotopic (exact) mass is 271 g/mol. The highest BCUT2D eigenvalue weighted by atomic mass is 35.5. The fraction of sp³-hybridized carbons (Fsp3) is 0.0714. The lowest BCUT2D eigenvalue weighted by Crippen LogP contribution is -2.13. The van der Waals surface area contributed by atoms with Gasteiger partial charge in [0, 0.05) is 22.3 Å². The number of anilines is 1. The maximum Gasteiger partial charge on any atom is 0.246 e. The summed E-state index contributed by atoms with van der Waals surface area (Å²) in [5, 5.41) is 3.39. The molecule has 0 atom stereocenters. The predicted molar refractivity (Wildman–Crippen MR) is 74.8 cm³/mol. The lowest BCUT2D eigenvalue weighted by Gasteiger charge is -2.10. The number of pyridine rings is 1. The summed E-state index contributed by atoms with van der Waals surface area (Å²) in [5.41, 5.74) is 3.01. The van der Waals surface area contributed by atoms with Gasteiger partial charge in [-0.2, -0.15) is 0 Å². The van der Waals surface area contributed by atoms with Crippen molar-refractivity contribution in [2.75, 3.05) is 11.9 Å². The summed E-state index contributed by atoms with van der Waals surface area (Å²) in [4.78, 5) is 20.0. The Bertz CT molecular complexity index is 682. The largest absolute Gasteiger partial charge is 0.323 e. The van der Waals surface area contributed by atoms with Gasteiger partial charge in [-0.25, -0.2) is 0 Å². The molecule has 4 nitrogen and oxygen atoms in total. The number of nitrogens with one attached hydrogen (secondary N) is 1. The summed E-state index contributed by atoms with van der Waals surface area (Å²) in [5.74, 6) is -0.156. The smallest absolute Gasteiger partial charge is 0.246 e. The van der Waals surface area contributed by atoms with E-state index >= 15 is 0 Å². The van der Waals surface area contributed by atoms with Gasteiger partial charge in [-0.1, -0.05) is 29.8 Å². The molecule has 0 aliphatic carbocycles. The van der Waals surface area contributed by atoms with Crippen molar-refractivity contribution in [2.24, 2.45) is 4.99 Å². The van der Waals surface area contributed by atoms with Gasteiger partial charge in [-0.15, -0.1) is 0 Å². The maximum atomic E-state index is 11.6. The number of aromatic nitrogens is 1. The number of aliphatic imine (C=N–C) groups is 1. The molecule has 1 aliphatic heterocycles. The lowest BCUT2D eigenvalue weighted by molar-refractivity contribution is -0.114. The summed E-state index contributed by atoms with van der Waals surface area (Å²) in [7, 11) is 0. The molecule has 19 heavy (non-hydrogen) atoms. The highest BCUT2D eigenvalue weighted by molar-refractivity contribution is 6.36. The van der Waals surface area contributed by atoms with E-state index in [1.165, 1.54) is 0 Å². The van der Waals surface area contributed by atoms with Crippen molar-refractivity contribution in [3.05, 3.63) is 58.9 Å². The number of hydrogen-bond acceptors (Lipinski definition) is 3. The average molecular weight is 272 g/mol. The minimum atomic E-state index is -0.156. The van der Waals surface area contributed by atoms with E-state index in [9.17, 15) is 4.79 Å². The second-order valence-corrected chi connectivity index (χ2v) is 4.52. The van der Waals surface area contributed by atoms with E-state index in [2.05, 4.69) is 15.3 Å². The molecule has 2 heterocycles. The van der Waals surface area contributed by atoms with Crippen LogP contribution in [0.2, 0.25) is 5.02 Å². The summed E-state index contributed by atoms with van der Waals surface area (Å²) in [6, 6.07) is 9.27. The minimum absolute atomic E-state index is 0.0786. The van der Waals surface area contributed by atoms with E-state index in [0.717, 1.165) is 11.1 Å². The van der Waals surface area contributed by atoms with E-state index in [0.29, 0.717) is 16.4 Å². The van der Waals surface area contributed by atoms with Crippen LogP contribution in [0.1, 0.15) is 11.1 Å². The van der Waals surface area contributed by atoms with E-state index < -0.39 is 0 Å². The van der Waals surface area contributed by atoms with Crippen LogP contribution in [0.4, 0.5) is 5.69 Å². The number of amides is 1. The molecule has 1 aromatic carbocycles. The number of rotatable bonds is 1. The first-order chi connectivity index (χ1) is 9.25. The van der Waals surface area contributed by atoms with Gasteiger partial charge in [0.1, 0.15) is 6.54 Å². The van der Waals surface area contributed by atoms with Crippen molar-refractivity contribution in [1.29, 1.82) is 0 Å². The second kappa shape index (κ2) is 4.82. The van der Waals surface area contributed by atoms with Crippen LogP contribution in [-0.4, -0.2) is 23.1 Å². The zero-order chi connectivity index (χ0) is 13.2. The SMILES string of the molecule is O=C1CN=C(c2ccccc2Cl)c2ccncc2N1. The van der Waals surface area contributed by atoms with Crippen LogP contribution in [0.15, 0.2) is 47.7 Å². The maximum absolute atomic E-state index is 11.6. The van der Waals surface area contributed by atoms with Crippen LogP contribution in [0.5, 0.6) is 0 Å². The highest BCUT2D eigenvalue weighted by Gasteiger charge is 2.19. The van der Waals surface area contributed by atoms with Crippen LogP contribution < -0.4 is 5.32 Å². The number of nitrogens with zero attached hydrogens (tertiary/aromatic N) is 2. The zero-order valence-corrected chi connectivity index (χ0v) is 10.7. The van der Waals surface area contributed by atoms with Crippen molar-refractivity contribution in [3.8, 4) is 0 Å². The molecule has 2 aromatic rings. The van der Waals surface area contributed by atoms with E-state index in [-0.39, 0.29) is 12.5 Å². The summed E-state index contributed by atoms with van der Waals surface area (Å²) in [6.45, 7) is 0.0786. The van der Waals surface area contributed by atoms with Gasteiger partial charge in [-0.05, 0) is 12.1 Å². The molecular formula is C14H10ClN3O. The normalized spacial score (nSPS) is 14.2. The first-order valence-electron chi connectivity index (χ1n) is 5.79. The van der Waals surface area contributed by atoms with Crippen molar-refractivity contribution < 1.29 is 4.79 Å². The van der Waals surface area contributed by atoms with Crippen molar-refractivity contribution >= 4 is 28.9 Å². The first kappa shape index (κ1) is 11.9. The Kier molecular flexibility index (Phi) is 3.01. The van der Waals surface area contributed by atoms with Gasteiger partial charge in [0.25, 0.3) is 0 Å². The fourth-order valence-corrected chi connectivity index (χ4v) is 2.24. The number of carbonyl (C=O) groups excluding carboxylic acids is 1. The molecule has 0 spiro atoms. The Morgan fingerprint density at radius 1 is 1.16 bits per heavy atom. The molecule has 0 saturated heterocycles. The minimum Gasteiger partial charge on any atom is -0.323 e. The number of carbonyl (C=O) groups is 1. The summed E-state index contributed by atoms with van der Waals surface area (Å²) < 4.78 is 0. The molecule has 0 bridgehead atoms. The molecule has 0 saturated carbocycles. The third kappa shape index (κ3) is 2.22. The topological polar surface area (TPSA) is 54.4 Å². The Morgan fingerprint density at radius 2 is 2.00 bits per heavy atom. The molecule has 94 valence electrons. The van der Waals surface area contributed by atoms with E-state index in [1.807, 2.05) is 24.3 Å². The second-order valence-electron chi connectivity index (χ2n) is 4.11. The van der Waals surface area contributed by atoms with Gasteiger partial charge < -0.3 is 5.32 Å². The first-order valence-corrected chi connectivity index (χ1v) is 6.17. The molecule has 0 radical (unpaired) electrons. The van der Waals surface area contributed by atoms with Gasteiger partial charge in [0.05, 0.1) is 17.6 Å². The third-order valence-corrected chi connectivity index (χ3v) is 3.19. The molecule has 3 rings (SSSR count). The number of hydrogen-bond donors (Lipinski definition) is 1. The Balaban J connectivity index is 2.21. The van der Waals surface area contributed by atoms with Crippen molar-refractivity contribution in [2.45, 2.75) is 0 Å². The van der Waals surface area contributed by atoms with Crippen LogP contribution in [0, 0.1) is 0 Å². The molecule has 0 unspecified atom stereocenters. The molecule has 1 aromatic heterocycles. The summed E-state index contributed by atoms with van der Waals surface area (Å²) in [6.07, 6.45) is 3.29. The van der Waals surface area contributed by atoms with Crippen LogP contribution in [0.3, 0.4) is 0 Å². The molecule has 1 N–H and O–H groups in total. The lowest BCUT2D eigenvalue weighted by atomic mass is 10.0. The molecule has 1 aliphatic rings. The van der Waals surface area contributed by atoms with E-state index in [1.54, 1.807) is 18.5 Å². The Morgan fingerprint density at radius 3 is 2.84 bits per heavy atom. The molecule has 5 heteroatoms. The Labute approximate surface area is 115 Å². The molecule has 1 amide bonds. The molecule has 0 fully saturated rings. The van der Waals surface area contributed by atoms with Crippen LogP contribution in [0.25, 0.3) is 0 Å². The zero-order valence-electron chi connectivity index (χ0n) is 9.93. The predicted octanol–water partition coefficient (Wildman–Crippen LogP) is 2.52. The van der Waals surface area contributed by atoms with Crippen molar-refractivity contribution in [3.63, 3.8) is 0 Å². The van der Waals surface area contributed by atoms with Gasteiger partial charge in [0.2, 0.25) is 5.91 Å². The quantitative estimate of drug-likeness (QED) is 0.866. The number of halogens is 1. The average Bonchev–Trinajstić information content (AvgIpc) is 2.58. The fourth-order valence-electron chi connectivity index (χ4n) is 2.01. The summed E-state index contributed by atoms with van der Waals surface area (Å²) >= 11 is 6.21.